The van der Waals surface area contributed by atoms with Crippen molar-refractivity contribution in [2.45, 2.75) is 102 Å². The van der Waals surface area contributed by atoms with Crippen molar-refractivity contribution in [1.82, 2.24) is 0 Å². The van der Waals surface area contributed by atoms with Crippen LogP contribution in [0.2, 0.25) is 0 Å². The van der Waals surface area contributed by atoms with Crippen molar-refractivity contribution in [3.05, 3.63) is 35.9 Å². The van der Waals surface area contributed by atoms with E-state index in [2.05, 4.69) is 6.92 Å². The van der Waals surface area contributed by atoms with Crippen molar-refractivity contribution in [3.8, 4) is 0 Å². The van der Waals surface area contributed by atoms with E-state index in [-0.39, 0.29) is 35.1 Å². The summed E-state index contributed by atoms with van der Waals surface area (Å²) >= 11 is 0. The van der Waals surface area contributed by atoms with Gasteiger partial charge in [-0.05, 0) is 75.3 Å². The predicted molar refractivity (Wildman–Crippen MR) is 133 cm³/mol. The molecule has 1 heterocycles. The molecule has 4 saturated carbocycles. The Morgan fingerprint density at radius 1 is 0.973 bits per heavy atom. The molecule has 1 aromatic carbocycles. The summed E-state index contributed by atoms with van der Waals surface area (Å²) in [6.45, 7) is 7.25. The first kappa shape index (κ1) is 25.1. The molecule has 0 amide bonds. The highest BCUT2D eigenvalue weighted by Crippen LogP contribution is 2.81. The molecule has 200 valence electrons. The quantitative estimate of drug-likeness (QED) is 0.477. The monoisotopic (exact) mass is 510 g/mol. The molecule has 0 radical (unpaired) electrons. The van der Waals surface area contributed by atoms with E-state index in [1.807, 2.05) is 13.0 Å². The molecule has 10 atom stereocenters. The summed E-state index contributed by atoms with van der Waals surface area (Å²) in [7, 11) is 0. The number of esters is 2. The van der Waals surface area contributed by atoms with Crippen LogP contribution in [0.1, 0.15) is 83.0 Å². The van der Waals surface area contributed by atoms with Crippen LogP contribution in [0.15, 0.2) is 30.3 Å². The predicted octanol–water partition coefficient (Wildman–Crippen LogP) is 4.25. The molecule has 5 fully saturated rings. The Balaban J connectivity index is 1.52. The molecule has 0 bridgehead atoms. The van der Waals surface area contributed by atoms with Gasteiger partial charge < -0.3 is 19.3 Å². The minimum absolute atomic E-state index is 0.0504. The maximum absolute atomic E-state index is 13.6. The molecule has 1 saturated heterocycles. The molecule has 2 spiro atoms. The molecule has 1 aliphatic heterocycles. The Morgan fingerprint density at radius 2 is 1.70 bits per heavy atom. The number of aliphatic hydroxyl groups is 1. The van der Waals surface area contributed by atoms with E-state index >= 15 is 0 Å². The largest absolute Gasteiger partial charge is 0.458 e. The highest BCUT2D eigenvalue weighted by Gasteiger charge is 2.91. The van der Waals surface area contributed by atoms with Gasteiger partial charge >= 0.3 is 11.9 Å². The summed E-state index contributed by atoms with van der Waals surface area (Å²) in [4.78, 5) is 39.1. The number of Topliss-reactive ketones (excluding diaryl/α,β-unsaturated/α-hetero) is 1. The first-order chi connectivity index (χ1) is 17.5. The standard InChI is InChI=1S/C30H38O7/c1-17(31)22-12-15-30-28(22,4)25(35-18(2)32)23(36-26(34)19-8-6-5-7-9-19)24-27(3)13-11-21(33)16-20(27)10-14-29(24,30)37-30/h5-9,20-25,33H,10-16H2,1-4H3/t20-,21-,22+,23-,24+,25+,27-,28-,29-,30+/m0/s1. The van der Waals surface area contributed by atoms with Crippen LogP contribution in [0.5, 0.6) is 0 Å². The van der Waals surface area contributed by atoms with Gasteiger partial charge in [-0.3, -0.25) is 9.59 Å². The van der Waals surface area contributed by atoms with Crippen molar-refractivity contribution in [3.63, 3.8) is 0 Å². The smallest absolute Gasteiger partial charge is 0.338 e. The molecule has 0 unspecified atom stereocenters. The summed E-state index contributed by atoms with van der Waals surface area (Å²) < 4.78 is 19.5. The first-order valence-electron chi connectivity index (χ1n) is 13.8. The van der Waals surface area contributed by atoms with E-state index in [1.165, 1.54) is 6.92 Å². The number of fused-ring (bicyclic) bond motifs is 2. The van der Waals surface area contributed by atoms with E-state index in [4.69, 9.17) is 14.2 Å². The van der Waals surface area contributed by atoms with Gasteiger partial charge in [0, 0.05) is 24.2 Å². The zero-order valence-electron chi connectivity index (χ0n) is 22.2. The average molecular weight is 511 g/mol. The number of aliphatic hydroxyl groups excluding tert-OH is 1. The fraction of sp³-hybridized carbons (Fsp3) is 0.700. The number of carbonyl (C=O) groups is 3. The van der Waals surface area contributed by atoms with Crippen molar-refractivity contribution in [1.29, 1.82) is 0 Å². The van der Waals surface area contributed by atoms with Crippen LogP contribution >= 0.6 is 0 Å². The number of ketones is 1. The van der Waals surface area contributed by atoms with E-state index < -0.39 is 40.8 Å². The minimum Gasteiger partial charge on any atom is -0.458 e. The first-order valence-corrected chi connectivity index (χ1v) is 13.8. The normalized spacial score (nSPS) is 47.5. The van der Waals surface area contributed by atoms with Crippen LogP contribution in [0.4, 0.5) is 0 Å². The van der Waals surface area contributed by atoms with Gasteiger partial charge in [0.15, 0.2) is 0 Å². The Labute approximate surface area is 218 Å². The lowest BCUT2D eigenvalue weighted by molar-refractivity contribution is -0.213. The Hall–Kier alpha value is -2.25. The van der Waals surface area contributed by atoms with Crippen LogP contribution < -0.4 is 0 Å². The van der Waals surface area contributed by atoms with Crippen LogP contribution in [0.25, 0.3) is 0 Å². The summed E-state index contributed by atoms with van der Waals surface area (Å²) in [5.74, 6) is -1.18. The molecule has 7 nitrogen and oxygen atoms in total. The fourth-order valence-corrected chi connectivity index (χ4v) is 9.69. The van der Waals surface area contributed by atoms with Gasteiger partial charge in [-0.15, -0.1) is 0 Å². The fourth-order valence-electron chi connectivity index (χ4n) is 9.69. The number of epoxide rings is 1. The molecule has 7 heteroatoms. The third kappa shape index (κ3) is 3.16. The number of hydrogen-bond acceptors (Lipinski definition) is 7. The summed E-state index contributed by atoms with van der Waals surface area (Å²) in [6, 6.07) is 8.87. The minimum atomic E-state index is -0.808. The van der Waals surface area contributed by atoms with E-state index in [9.17, 15) is 19.5 Å². The van der Waals surface area contributed by atoms with Crippen molar-refractivity contribution in [2.24, 2.45) is 28.6 Å². The van der Waals surface area contributed by atoms with E-state index in [1.54, 1.807) is 31.2 Å². The Morgan fingerprint density at radius 3 is 2.38 bits per heavy atom. The zero-order valence-corrected chi connectivity index (χ0v) is 22.2. The van der Waals surface area contributed by atoms with Gasteiger partial charge in [0.1, 0.15) is 29.2 Å². The summed E-state index contributed by atoms with van der Waals surface area (Å²) in [6.07, 6.45) is 3.36. The van der Waals surface area contributed by atoms with Gasteiger partial charge in [0.2, 0.25) is 0 Å². The highest BCUT2D eigenvalue weighted by atomic mass is 16.7. The number of hydrogen-bond donors (Lipinski definition) is 1. The third-order valence-electron chi connectivity index (χ3n) is 11.2. The maximum Gasteiger partial charge on any atom is 0.338 e. The zero-order chi connectivity index (χ0) is 26.4. The van der Waals surface area contributed by atoms with Crippen LogP contribution in [0.3, 0.4) is 0 Å². The molecular formula is C30H38O7. The molecule has 37 heavy (non-hydrogen) atoms. The van der Waals surface area contributed by atoms with Crippen LogP contribution in [-0.4, -0.2) is 52.3 Å². The molecule has 0 aromatic heterocycles. The maximum atomic E-state index is 13.6. The second kappa shape index (κ2) is 8.12. The van der Waals surface area contributed by atoms with Crippen molar-refractivity contribution in [2.75, 3.05) is 0 Å². The Kier molecular flexibility index (Phi) is 5.50. The lowest BCUT2D eigenvalue weighted by Crippen LogP contribution is -2.70. The lowest BCUT2D eigenvalue weighted by Gasteiger charge is -2.61. The van der Waals surface area contributed by atoms with Gasteiger partial charge in [-0.2, -0.15) is 0 Å². The SMILES string of the molecule is CC(=O)O[C@@H]1[C@@H](OC(=O)c2ccccc2)[C@@H]2[C@@]3(C)CC[C@H](O)C[C@@H]3CC[C@]23O[C@@]32CC[C@H](C(C)=O)[C@@]12C. The molecule has 1 aromatic rings. The van der Waals surface area contributed by atoms with E-state index in [0.717, 1.165) is 25.7 Å². The van der Waals surface area contributed by atoms with Crippen molar-refractivity contribution < 1.29 is 33.7 Å². The summed E-state index contributed by atoms with van der Waals surface area (Å²) in [5, 5.41) is 10.5. The number of benzene rings is 1. The topological polar surface area (TPSA) is 102 Å². The number of carbonyl (C=O) groups excluding carboxylic acids is 3. The third-order valence-corrected chi connectivity index (χ3v) is 11.2. The number of rotatable bonds is 4. The summed E-state index contributed by atoms with van der Waals surface area (Å²) in [5.41, 5.74) is -1.78. The average Bonchev–Trinajstić information content (AvgIpc) is 3.40. The second-order valence-electron chi connectivity index (χ2n) is 12.7. The van der Waals surface area contributed by atoms with Crippen LogP contribution in [0, 0.1) is 28.6 Å². The van der Waals surface area contributed by atoms with Crippen molar-refractivity contribution >= 4 is 17.7 Å². The number of ether oxygens (including phenoxy) is 3. The van der Waals surface area contributed by atoms with Crippen LogP contribution in [-0.2, 0) is 23.8 Å². The molecule has 1 N–H and O–H groups in total. The van der Waals surface area contributed by atoms with Gasteiger partial charge in [-0.1, -0.05) is 32.0 Å². The van der Waals surface area contributed by atoms with Gasteiger partial charge in [0.05, 0.1) is 11.7 Å². The molecule has 5 aliphatic rings. The highest BCUT2D eigenvalue weighted by molar-refractivity contribution is 5.89. The molecular weight excluding hydrogens is 472 g/mol. The second-order valence-corrected chi connectivity index (χ2v) is 12.7. The van der Waals surface area contributed by atoms with E-state index in [0.29, 0.717) is 24.8 Å². The molecule has 4 aliphatic carbocycles. The lowest BCUT2D eigenvalue weighted by atomic mass is 9.43. The Bertz CT molecular complexity index is 1130. The van der Waals surface area contributed by atoms with Gasteiger partial charge in [-0.25, -0.2) is 4.79 Å². The molecule has 6 rings (SSSR count). The van der Waals surface area contributed by atoms with Gasteiger partial charge in [0.25, 0.3) is 0 Å².